The van der Waals surface area contributed by atoms with E-state index in [1.54, 1.807) is 18.3 Å². The molecule has 7 heteroatoms. The lowest BCUT2D eigenvalue weighted by atomic mass is 9.98. The fourth-order valence-corrected chi connectivity index (χ4v) is 6.14. The highest BCUT2D eigenvalue weighted by atomic mass is 35.5. The van der Waals surface area contributed by atoms with Crippen molar-refractivity contribution in [2.24, 2.45) is 5.92 Å². The maximum absolute atomic E-state index is 13.6. The Morgan fingerprint density at radius 3 is 2.57 bits per heavy atom. The molecule has 1 unspecified atom stereocenters. The van der Waals surface area contributed by atoms with Gasteiger partial charge in [-0.2, -0.15) is 0 Å². The van der Waals surface area contributed by atoms with Gasteiger partial charge in [0.1, 0.15) is 11.1 Å². The highest BCUT2D eigenvalue weighted by Gasteiger charge is 2.30. The van der Waals surface area contributed by atoms with E-state index in [4.69, 9.17) is 11.6 Å². The van der Waals surface area contributed by atoms with Crippen LogP contribution in [0.2, 0.25) is 5.02 Å². The first-order chi connectivity index (χ1) is 14.4. The second-order valence-corrected chi connectivity index (χ2v) is 10.2. The summed E-state index contributed by atoms with van der Waals surface area (Å²) in [6.45, 7) is 6.42. The number of halogens is 2. The summed E-state index contributed by atoms with van der Waals surface area (Å²) in [6.07, 6.45) is 5.22. The largest absolute Gasteiger partial charge is 0.346 e. The minimum Gasteiger partial charge on any atom is -0.346 e. The van der Waals surface area contributed by atoms with Crippen molar-refractivity contribution in [3.63, 3.8) is 0 Å². The zero-order chi connectivity index (χ0) is 21.3. The zero-order valence-corrected chi connectivity index (χ0v) is 18.1. The summed E-state index contributed by atoms with van der Waals surface area (Å²) < 4.78 is 42.6. The molecular formula is C23H24ClFN2O2S. The Kier molecular flexibility index (Phi) is 6.00. The van der Waals surface area contributed by atoms with Gasteiger partial charge < -0.3 is 9.88 Å². The van der Waals surface area contributed by atoms with E-state index < -0.39 is 20.9 Å². The molecular weight excluding hydrogens is 423 g/mol. The van der Waals surface area contributed by atoms with E-state index in [2.05, 4.69) is 11.9 Å². The molecule has 30 heavy (non-hydrogen) atoms. The third kappa shape index (κ3) is 4.04. The second-order valence-electron chi connectivity index (χ2n) is 7.75. The molecule has 1 fully saturated rings. The molecule has 0 aliphatic carbocycles. The summed E-state index contributed by atoms with van der Waals surface area (Å²) in [7, 11) is -3.79. The molecule has 3 aromatic rings. The van der Waals surface area contributed by atoms with Crippen LogP contribution in [0.5, 0.6) is 0 Å². The summed E-state index contributed by atoms with van der Waals surface area (Å²) in [5, 5.41) is 3.60. The van der Waals surface area contributed by atoms with Crippen molar-refractivity contribution in [3.05, 3.63) is 77.7 Å². The fraction of sp³-hybridized carbons (Fsp3) is 0.304. The lowest BCUT2D eigenvalue weighted by Crippen LogP contribution is -2.29. The zero-order valence-electron chi connectivity index (χ0n) is 16.5. The Morgan fingerprint density at radius 2 is 1.90 bits per heavy atom. The highest BCUT2D eigenvalue weighted by Crippen LogP contribution is 2.36. The quantitative estimate of drug-likeness (QED) is 0.534. The normalized spacial score (nSPS) is 16.6. The molecule has 1 aromatic heterocycles. The molecule has 0 saturated carbocycles. The van der Waals surface area contributed by atoms with Crippen LogP contribution in [0.3, 0.4) is 0 Å². The average molecular weight is 447 g/mol. The summed E-state index contributed by atoms with van der Waals surface area (Å²) in [5.41, 5.74) is 1.29. The van der Waals surface area contributed by atoms with Gasteiger partial charge in [-0.25, -0.2) is 12.8 Å². The molecule has 0 radical (unpaired) electrons. The van der Waals surface area contributed by atoms with Gasteiger partial charge >= 0.3 is 0 Å². The lowest BCUT2D eigenvalue weighted by molar-refractivity contribution is 0.336. The van der Waals surface area contributed by atoms with Crippen LogP contribution in [0.15, 0.2) is 66.2 Å². The molecule has 2 heterocycles. The van der Waals surface area contributed by atoms with Gasteiger partial charge in [-0.05, 0) is 61.7 Å². The van der Waals surface area contributed by atoms with E-state index in [9.17, 15) is 12.8 Å². The molecule has 1 aliphatic heterocycles. The number of nitrogens with zero attached hydrogens (tertiary/aromatic N) is 1. The number of aromatic nitrogens is 1. The minimum atomic E-state index is -3.79. The number of nitrogens with one attached hydrogen (secondary N) is 1. The van der Waals surface area contributed by atoms with Crippen molar-refractivity contribution in [2.75, 3.05) is 13.1 Å². The molecule has 0 spiro atoms. The van der Waals surface area contributed by atoms with Crippen LogP contribution in [-0.2, 0) is 16.4 Å². The van der Waals surface area contributed by atoms with Gasteiger partial charge in [0.15, 0.2) is 9.84 Å². The van der Waals surface area contributed by atoms with E-state index in [-0.39, 0.29) is 4.90 Å². The summed E-state index contributed by atoms with van der Waals surface area (Å²) in [4.78, 5) is 0.248. The Bertz CT molecular complexity index is 1170. The number of sulfone groups is 1. The molecule has 1 saturated heterocycles. The van der Waals surface area contributed by atoms with Crippen LogP contribution in [0, 0.1) is 11.7 Å². The molecule has 2 aromatic carbocycles. The minimum absolute atomic E-state index is 0.248. The van der Waals surface area contributed by atoms with Crippen LogP contribution in [-0.4, -0.2) is 26.1 Å². The smallest absolute Gasteiger partial charge is 0.191 e. The third-order valence-electron chi connectivity index (χ3n) is 5.77. The molecule has 1 atom stereocenters. The van der Waals surface area contributed by atoms with Crippen molar-refractivity contribution in [2.45, 2.75) is 29.5 Å². The average Bonchev–Trinajstić information content (AvgIpc) is 3.09. The summed E-state index contributed by atoms with van der Waals surface area (Å²) in [5.74, 6) is 0.0656. The van der Waals surface area contributed by atoms with Crippen molar-refractivity contribution in [1.82, 2.24) is 9.88 Å². The fourth-order valence-electron chi connectivity index (χ4n) is 4.18. The van der Waals surface area contributed by atoms with Gasteiger partial charge in [-0.15, -0.1) is 6.58 Å². The Labute approximate surface area is 181 Å². The molecule has 0 amide bonds. The molecule has 1 N–H and O–H groups in total. The van der Waals surface area contributed by atoms with Crippen molar-refractivity contribution in [1.29, 1.82) is 0 Å². The first kappa shape index (κ1) is 21.1. The van der Waals surface area contributed by atoms with Crippen LogP contribution in [0.25, 0.3) is 10.9 Å². The van der Waals surface area contributed by atoms with Gasteiger partial charge in [-0.3, -0.25) is 0 Å². The van der Waals surface area contributed by atoms with Gasteiger partial charge in [0.25, 0.3) is 0 Å². The Morgan fingerprint density at radius 1 is 1.20 bits per heavy atom. The molecule has 4 rings (SSSR count). The predicted octanol–water partition coefficient (Wildman–Crippen LogP) is 5.13. The standard InChI is InChI=1S/C23H24ClFN2O2S/c1-2-22(17-3-6-19(25)7-4-17)30(28,29)23-15-27(14-16-9-11-26-12-10-16)21-13-18(24)5-8-20(21)23/h2-8,13,15-16,22,26H,1,9-12,14H2. The SMILES string of the molecule is C=CC(c1ccc(F)cc1)S(=O)(=O)c1cn(CC2CCNCC2)c2cc(Cl)ccc12. The van der Waals surface area contributed by atoms with Gasteiger partial charge in [-0.1, -0.05) is 35.9 Å². The topological polar surface area (TPSA) is 51.1 Å². The van der Waals surface area contributed by atoms with Crippen LogP contribution >= 0.6 is 11.6 Å². The van der Waals surface area contributed by atoms with Crippen molar-refractivity contribution >= 4 is 32.3 Å². The number of fused-ring (bicyclic) bond motifs is 1. The van der Waals surface area contributed by atoms with Gasteiger partial charge in [0.2, 0.25) is 0 Å². The van der Waals surface area contributed by atoms with E-state index in [1.807, 2.05) is 10.6 Å². The molecule has 0 bridgehead atoms. The third-order valence-corrected chi connectivity index (χ3v) is 8.08. The van der Waals surface area contributed by atoms with E-state index in [1.165, 1.54) is 30.3 Å². The number of benzene rings is 2. The van der Waals surface area contributed by atoms with E-state index >= 15 is 0 Å². The van der Waals surface area contributed by atoms with Gasteiger partial charge in [0, 0.05) is 23.2 Å². The Hall–Kier alpha value is -2.15. The first-order valence-corrected chi connectivity index (χ1v) is 11.9. The van der Waals surface area contributed by atoms with Crippen molar-refractivity contribution in [3.8, 4) is 0 Å². The van der Waals surface area contributed by atoms with Crippen LogP contribution in [0.1, 0.15) is 23.7 Å². The molecule has 1 aliphatic rings. The monoisotopic (exact) mass is 446 g/mol. The highest BCUT2D eigenvalue weighted by molar-refractivity contribution is 7.92. The van der Waals surface area contributed by atoms with Crippen LogP contribution in [0.4, 0.5) is 4.39 Å². The lowest BCUT2D eigenvalue weighted by Gasteiger charge is -2.23. The maximum Gasteiger partial charge on any atom is 0.191 e. The first-order valence-electron chi connectivity index (χ1n) is 10.0. The molecule has 158 valence electrons. The maximum atomic E-state index is 13.6. The number of rotatable bonds is 6. The number of hydrogen-bond acceptors (Lipinski definition) is 3. The number of hydrogen-bond donors (Lipinski definition) is 1. The summed E-state index contributed by atoms with van der Waals surface area (Å²) in [6, 6.07) is 10.8. The Balaban J connectivity index is 1.80. The van der Waals surface area contributed by atoms with Gasteiger partial charge in [0.05, 0.1) is 10.4 Å². The second kappa shape index (κ2) is 8.53. The van der Waals surface area contributed by atoms with E-state index in [0.29, 0.717) is 21.9 Å². The number of piperidine rings is 1. The van der Waals surface area contributed by atoms with Crippen molar-refractivity contribution < 1.29 is 12.8 Å². The van der Waals surface area contributed by atoms with Crippen LogP contribution < -0.4 is 5.32 Å². The van der Waals surface area contributed by atoms with E-state index in [0.717, 1.165) is 38.0 Å². The predicted molar refractivity (Wildman–Crippen MR) is 119 cm³/mol. The summed E-state index contributed by atoms with van der Waals surface area (Å²) >= 11 is 6.23. The molecule has 4 nitrogen and oxygen atoms in total.